The summed E-state index contributed by atoms with van der Waals surface area (Å²) in [6.45, 7) is 3.78. The summed E-state index contributed by atoms with van der Waals surface area (Å²) in [5, 5.41) is 19.1. The number of imidazole rings is 1. The van der Waals surface area contributed by atoms with Gasteiger partial charge in [-0.2, -0.15) is 10.3 Å². The van der Waals surface area contributed by atoms with Gasteiger partial charge < -0.3 is 4.90 Å². The van der Waals surface area contributed by atoms with Crippen molar-refractivity contribution in [3.05, 3.63) is 70.4 Å². The lowest BCUT2D eigenvalue weighted by atomic mass is 9.97. The summed E-state index contributed by atoms with van der Waals surface area (Å²) < 4.78 is 3.17. The Balaban J connectivity index is 1.80. The number of aromatic amines is 1. The minimum atomic E-state index is -0.364. The molecule has 1 amide bonds. The highest BCUT2D eigenvalue weighted by Gasteiger charge is 2.23. The van der Waals surface area contributed by atoms with Crippen LogP contribution in [0.15, 0.2) is 53.3 Å². The number of carbonyl (C=O) groups excluding carboxylic acids is 1. The Morgan fingerprint density at radius 2 is 1.74 bits per heavy atom. The number of rotatable bonds is 8. The summed E-state index contributed by atoms with van der Waals surface area (Å²) in [5.74, 6) is 1.02. The molecular formula is C27H29N9O2. The molecule has 11 nitrogen and oxygen atoms in total. The number of fused-ring (bicyclic) bond motifs is 1. The molecule has 0 aliphatic rings. The third kappa shape index (κ3) is 4.47. The van der Waals surface area contributed by atoms with Crippen molar-refractivity contribution in [3.63, 3.8) is 0 Å². The number of nitrogens with one attached hydrogen (secondary N) is 1. The van der Waals surface area contributed by atoms with Crippen LogP contribution in [0.5, 0.6) is 0 Å². The maximum atomic E-state index is 13.9. The standard InChI is InChI=1S/C27H29N9O2/c1-5-6-15-22-28-24-17(2)31-35(16-23(37)34(3)4)27(38)25(24)36(22)21-14-10-9-12-19(21)18-11-7-8-13-20(18)26-29-32-33-30-26/h7-14H,5-6,15-16H2,1-4H3,(H,29,30,32,33). The first-order valence-corrected chi connectivity index (χ1v) is 12.5. The summed E-state index contributed by atoms with van der Waals surface area (Å²) in [6, 6.07) is 15.7. The largest absolute Gasteiger partial charge is 0.347 e. The zero-order valence-electron chi connectivity index (χ0n) is 21.8. The lowest BCUT2D eigenvalue weighted by molar-refractivity contribution is -0.129. The number of unbranched alkanes of at least 4 members (excludes halogenated alkanes) is 1. The Morgan fingerprint density at radius 1 is 1.03 bits per heavy atom. The van der Waals surface area contributed by atoms with Gasteiger partial charge >= 0.3 is 0 Å². The van der Waals surface area contributed by atoms with Crippen LogP contribution in [0.25, 0.3) is 39.2 Å². The lowest BCUT2D eigenvalue weighted by Crippen LogP contribution is -2.34. The number of hydrogen-bond acceptors (Lipinski definition) is 7. The second kappa shape index (κ2) is 10.4. The predicted molar refractivity (Wildman–Crippen MR) is 144 cm³/mol. The van der Waals surface area contributed by atoms with Gasteiger partial charge in [0.25, 0.3) is 5.56 Å². The second-order valence-corrected chi connectivity index (χ2v) is 9.30. The Kier molecular flexibility index (Phi) is 6.82. The highest BCUT2D eigenvalue weighted by atomic mass is 16.2. The summed E-state index contributed by atoms with van der Waals surface area (Å²) in [6.07, 6.45) is 2.57. The molecule has 2 aromatic carbocycles. The first-order valence-electron chi connectivity index (χ1n) is 12.5. The van der Waals surface area contributed by atoms with Crippen LogP contribution in [0.3, 0.4) is 0 Å². The fraction of sp³-hybridized carbons (Fsp3) is 0.296. The van der Waals surface area contributed by atoms with E-state index in [1.807, 2.05) is 60.0 Å². The van der Waals surface area contributed by atoms with E-state index in [1.165, 1.54) is 9.58 Å². The molecule has 5 rings (SSSR count). The van der Waals surface area contributed by atoms with E-state index < -0.39 is 0 Å². The molecule has 0 aliphatic carbocycles. The van der Waals surface area contributed by atoms with Gasteiger partial charge in [-0.15, -0.1) is 10.2 Å². The number of carbonyl (C=O) groups is 1. The third-order valence-electron chi connectivity index (χ3n) is 6.48. The van der Waals surface area contributed by atoms with E-state index >= 15 is 0 Å². The number of nitrogens with zero attached hydrogens (tertiary/aromatic N) is 8. The molecule has 0 aliphatic heterocycles. The van der Waals surface area contributed by atoms with Gasteiger partial charge in [-0.25, -0.2) is 9.67 Å². The Morgan fingerprint density at radius 3 is 2.42 bits per heavy atom. The van der Waals surface area contributed by atoms with Crippen molar-refractivity contribution in [1.29, 1.82) is 0 Å². The Hall–Kier alpha value is -4.67. The molecule has 0 unspecified atom stereocenters. The zero-order chi connectivity index (χ0) is 26.8. The number of hydrogen-bond donors (Lipinski definition) is 1. The van der Waals surface area contributed by atoms with E-state index in [4.69, 9.17) is 4.98 Å². The number of aryl methyl sites for hydroxylation is 2. The quantitative estimate of drug-likeness (QED) is 0.339. The van der Waals surface area contributed by atoms with E-state index in [2.05, 4.69) is 32.6 Å². The molecule has 0 radical (unpaired) electrons. The van der Waals surface area contributed by atoms with Crippen molar-refractivity contribution < 1.29 is 4.79 Å². The number of para-hydroxylation sites is 1. The SMILES string of the molecule is CCCCc1nc2c(C)nn(CC(=O)N(C)C)c(=O)c2n1-c1ccccc1-c1ccccc1-c1nn[nH]n1. The number of aromatic nitrogens is 8. The van der Waals surface area contributed by atoms with Crippen molar-refractivity contribution in [3.8, 4) is 28.2 Å². The van der Waals surface area contributed by atoms with Crippen molar-refractivity contribution in [1.82, 2.24) is 44.9 Å². The van der Waals surface area contributed by atoms with Crippen molar-refractivity contribution >= 4 is 16.9 Å². The van der Waals surface area contributed by atoms with Crippen molar-refractivity contribution in [2.24, 2.45) is 0 Å². The summed E-state index contributed by atoms with van der Waals surface area (Å²) in [4.78, 5) is 32.7. The van der Waals surface area contributed by atoms with Gasteiger partial charge in [0, 0.05) is 31.6 Å². The van der Waals surface area contributed by atoms with Gasteiger partial charge in [0.1, 0.15) is 23.4 Å². The molecule has 0 bridgehead atoms. The molecule has 0 spiro atoms. The molecule has 11 heteroatoms. The molecule has 0 saturated carbocycles. The van der Waals surface area contributed by atoms with Gasteiger partial charge in [-0.05, 0) is 30.2 Å². The van der Waals surface area contributed by atoms with Crippen molar-refractivity contribution in [2.45, 2.75) is 39.7 Å². The molecule has 1 N–H and O–H groups in total. The molecular weight excluding hydrogens is 482 g/mol. The third-order valence-corrected chi connectivity index (χ3v) is 6.48. The van der Waals surface area contributed by atoms with E-state index in [0.717, 1.165) is 41.0 Å². The average Bonchev–Trinajstić information content (AvgIpc) is 3.59. The number of H-pyrrole nitrogens is 1. The number of likely N-dealkylation sites (N-methyl/N-ethyl adjacent to an activating group) is 1. The number of tetrazole rings is 1. The summed E-state index contributed by atoms with van der Waals surface area (Å²) in [7, 11) is 3.31. The summed E-state index contributed by atoms with van der Waals surface area (Å²) in [5.41, 5.74) is 4.54. The molecule has 3 heterocycles. The molecule has 0 saturated heterocycles. The van der Waals surface area contributed by atoms with Gasteiger partial charge in [0.05, 0.1) is 11.4 Å². The van der Waals surface area contributed by atoms with Crippen LogP contribution in [0.2, 0.25) is 0 Å². The predicted octanol–water partition coefficient (Wildman–Crippen LogP) is 3.17. The average molecular weight is 512 g/mol. The normalized spacial score (nSPS) is 11.3. The van der Waals surface area contributed by atoms with Crippen LogP contribution in [-0.4, -0.2) is 64.9 Å². The first kappa shape index (κ1) is 25.0. The monoisotopic (exact) mass is 511 g/mol. The van der Waals surface area contributed by atoms with E-state index in [0.29, 0.717) is 29.0 Å². The van der Waals surface area contributed by atoms with Gasteiger partial charge in [-0.1, -0.05) is 55.8 Å². The minimum Gasteiger partial charge on any atom is -0.347 e. The lowest BCUT2D eigenvalue weighted by Gasteiger charge is -2.16. The zero-order valence-corrected chi connectivity index (χ0v) is 21.8. The van der Waals surface area contributed by atoms with Crippen LogP contribution < -0.4 is 5.56 Å². The highest BCUT2D eigenvalue weighted by Crippen LogP contribution is 2.35. The minimum absolute atomic E-state index is 0.152. The van der Waals surface area contributed by atoms with E-state index in [1.54, 1.807) is 14.1 Å². The molecule has 3 aromatic heterocycles. The first-order chi connectivity index (χ1) is 18.4. The van der Waals surface area contributed by atoms with Crippen LogP contribution in [0.1, 0.15) is 31.3 Å². The second-order valence-electron chi connectivity index (χ2n) is 9.30. The molecule has 38 heavy (non-hydrogen) atoms. The molecule has 194 valence electrons. The van der Waals surface area contributed by atoms with Crippen molar-refractivity contribution in [2.75, 3.05) is 14.1 Å². The van der Waals surface area contributed by atoms with E-state index in [9.17, 15) is 9.59 Å². The van der Waals surface area contributed by atoms with Crippen LogP contribution in [0, 0.1) is 6.92 Å². The fourth-order valence-electron chi connectivity index (χ4n) is 4.54. The van der Waals surface area contributed by atoms with E-state index in [-0.39, 0.29) is 18.0 Å². The van der Waals surface area contributed by atoms with Crippen LogP contribution in [-0.2, 0) is 17.8 Å². The topological polar surface area (TPSA) is 127 Å². The maximum absolute atomic E-state index is 13.9. The molecule has 5 aromatic rings. The van der Waals surface area contributed by atoms with Crippen LogP contribution in [0.4, 0.5) is 0 Å². The molecule has 0 fully saturated rings. The fourth-order valence-corrected chi connectivity index (χ4v) is 4.54. The smallest absolute Gasteiger partial charge is 0.293 e. The van der Waals surface area contributed by atoms with Crippen LogP contribution >= 0.6 is 0 Å². The van der Waals surface area contributed by atoms with Gasteiger partial charge in [-0.3, -0.25) is 14.2 Å². The maximum Gasteiger partial charge on any atom is 0.293 e. The molecule has 0 atom stereocenters. The summed E-state index contributed by atoms with van der Waals surface area (Å²) >= 11 is 0. The van der Waals surface area contributed by atoms with Gasteiger partial charge in [0.15, 0.2) is 0 Å². The highest BCUT2D eigenvalue weighted by molar-refractivity contribution is 5.88. The van der Waals surface area contributed by atoms with Gasteiger partial charge in [0.2, 0.25) is 11.7 Å². The Labute approximate surface area is 219 Å². The Bertz CT molecular complexity index is 1670. The number of benzene rings is 2. The number of amides is 1.